The summed E-state index contributed by atoms with van der Waals surface area (Å²) in [5.74, 6) is -1.78. The second-order valence-electron chi connectivity index (χ2n) is 4.59. The molecule has 0 amide bonds. The van der Waals surface area contributed by atoms with Crippen molar-refractivity contribution in [2.45, 2.75) is 0 Å². The molecule has 23 heavy (non-hydrogen) atoms. The van der Waals surface area contributed by atoms with Gasteiger partial charge in [-0.05, 0) is 29.8 Å². The molecule has 0 aliphatic carbocycles. The van der Waals surface area contributed by atoms with E-state index in [1.807, 2.05) is 29.6 Å². The van der Waals surface area contributed by atoms with Crippen molar-refractivity contribution in [3.63, 3.8) is 0 Å². The molecular weight excluding hydrogens is 384 g/mol. The van der Waals surface area contributed by atoms with Gasteiger partial charge in [-0.1, -0.05) is 34.1 Å². The van der Waals surface area contributed by atoms with Crippen LogP contribution in [-0.4, -0.2) is 11.2 Å². The predicted octanol–water partition coefficient (Wildman–Crippen LogP) is 5.30. The van der Waals surface area contributed by atoms with Gasteiger partial charge in [-0.3, -0.25) is 5.43 Å². The number of benzene rings is 2. The lowest BCUT2D eigenvalue weighted by molar-refractivity contribution is 0.508. The maximum atomic E-state index is 13.1. The van der Waals surface area contributed by atoms with Gasteiger partial charge in [0.05, 0.1) is 11.9 Å². The first-order chi connectivity index (χ1) is 11.1. The van der Waals surface area contributed by atoms with E-state index in [9.17, 15) is 8.78 Å². The van der Waals surface area contributed by atoms with Gasteiger partial charge in [0.25, 0.3) is 0 Å². The maximum absolute atomic E-state index is 13.1. The van der Waals surface area contributed by atoms with Crippen LogP contribution in [0.15, 0.2) is 57.4 Å². The molecule has 2 aromatic carbocycles. The lowest BCUT2D eigenvalue weighted by Gasteiger charge is -1.97. The van der Waals surface area contributed by atoms with Gasteiger partial charge in [0, 0.05) is 15.4 Å². The molecule has 0 bridgehead atoms. The van der Waals surface area contributed by atoms with E-state index >= 15 is 0 Å². The van der Waals surface area contributed by atoms with E-state index in [-0.39, 0.29) is 0 Å². The highest BCUT2D eigenvalue weighted by Gasteiger charge is 2.04. The Morgan fingerprint density at radius 3 is 2.78 bits per heavy atom. The Morgan fingerprint density at radius 2 is 2.00 bits per heavy atom. The SMILES string of the molecule is Fc1ccc(C=NNc2nc(-c3cccc(Br)c3)cs2)cc1F. The molecule has 3 nitrogen and oxygen atoms in total. The van der Waals surface area contributed by atoms with Crippen molar-refractivity contribution in [2.75, 3.05) is 5.43 Å². The number of aromatic nitrogens is 1. The predicted molar refractivity (Wildman–Crippen MR) is 92.8 cm³/mol. The van der Waals surface area contributed by atoms with E-state index in [2.05, 4.69) is 31.4 Å². The molecule has 7 heteroatoms. The summed E-state index contributed by atoms with van der Waals surface area (Å²) in [4.78, 5) is 4.42. The summed E-state index contributed by atoms with van der Waals surface area (Å²) < 4.78 is 26.9. The van der Waals surface area contributed by atoms with Crippen molar-refractivity contribution in [1.29, 1.82) is 0 Å². The molecule has 3 rings (SSSR count). The van der Waals surface area contributed by atoms with Crippen molar-refractivity contribution in [1.82, 2.24) is 4.98 Å². The van der Waals surface area contributed by atoms with Crippen LogP contribution >= 0.6 is 27.3 Å². The standard InChI is InChI=1S/C16H10BrF2N3S/c17-12-3-1-2-11(7-12)15-9-23-16(21-15)22-20-8-10-4-5-13(18)14(19)6-10/h1-9H,(H,21,22). The zero-order valence-electron chi connectivity index (χ0n) is 11.6. The Bertz CT molecular complexity index is 864. The van der Waals surface area contributed by atoms with Gasteiger partial charge in [0.15, 0.2) is 11.6 Å². The van der Waals surface area contributed by atoms with Gasteiger partial charge in [-0.15, -0.1) is 11.3 Å². The molecule has 0 aliphatic heterocycles. The smallest absolute Gasteiger partial charge is 0.203 e. The van der Waals surface area contributed by atoms with Crippen LogP contribution in [-0.2, 0) is 0 Å². The second kappa shape index (κ2) is 6.97. The van der Waals surface area contributed by atoms with Gasteiger partial charge < -0.3 is 0 Å². The zero-order valence-corrected chi connectivity index (χ0v) is 14.0. The van der Waals surface area contributed by atoms with Gasteiger partial charge >= 0.3 is 0 Å². The van der Waals surface area contributed by atoms with E-state index in [0.717, 1.165) is 27.9 Å². The molecule has 1 N–H and O–H groups in total. The number of rotatable bonds is 4. The van der Waals surface area contributed by atoms with E-state index < -0.39 is 11.6 Å². The zero-order chi connectivity index (χ0) is 16.2. The summed E-state index contributed by atoms with van der Waals surface area (Å²) in [6, 6.07) is 11.4. The highest BCUT2D eigenvalue weighted by molar-refractivity contribution is 9.10. The first kappa shape index (κ1) is 15.8. The summed E-state index contributed by atoms with van der Waals surface area (Å²) in [7, 11) is 0. The van der Waals surface area contributed by atoms with Crippen molar-refractivity contribution in [2.24, 2.45) is 5.10 Å². The Morgan fingerprint density at radius 1 is 1.13 bits per heavy atom. The van der Waals surface area contributed by atoms with Crippen molar-refractivity contribution in [3.8, 4) is 11.3 Å². The average molecular weight is 394 g/mol. The van der Waals surface area contributed by atoms with Crippen LogP contribution in [0.4, 0.5) is 13.9 Å². The fourth-order valence-electron chi connectivity index (χ4n) is 1.86. The van der Waals surface area contributed by atoms with E-state index in [1.165, 1.54) is 23.6 Å². The number of hydrogen-bond acceptors (Lipinski definition) is 4. The van der Waals surface area contributed by atoms with Crippen LogP contribution < -0.4 is 5.43 Å². The molecule has 0 saturated carbocycles. The molecule has 0 spiro atoms. The van der Waals surface area contributed by atoms with Crippen LogP contribution in [0.3, 0.4) is 0 Å². The van der Waals surface area contributed by atoms with E-state index in [0.29, 0.717) is 10.7 Å². The van der Waals surface area contributed by atoms with Crippen LogP contribution in [0, 0.1) is 11.6 Å². The van der Waals surface area contributed by atoms with Crippen molar-refractivity contribution < 1.29 is 8.78 Å². The molecule has 0 saturated heterocycles. The van der Waals surface area contributed by atoms with Crippen LogP contribution in [0.2, 0.25) is 0 Å². The lowest BCUT2D eigenvalue weighted by atomic mass is 10.2. The van der Waals surface area contributed by atoms with Gasteiger partial charge in [-0.2, -0.15) is 5.10 Å². The summed E-state index contributed by atoms with van der Waals surface area (Å²) >= 11 is 4.83. The summed E-state index contributed by atoms with van der Waals surface area (Å²) in [5.41, 5.74) is 5.07. The van der Waals surface area contributed by atoms with Crippen molar-refractivity contribution >= 4 is 38.6 Å². The number of nitrogens with one attached hydrogen (secondary N) is 1. The Hall–Kier alpha value is -2.12. The molecule has 0 atom stereocenters. The first-order valence-corrected chi connectivity index (χ1v) is 8.25. The molecule has 0 radical (unpaired) electrons. The summed E-state index contributed by atoms with van der Waals surface area (Å²) in [6.07, 6.45) is 1.41. The second-order valence-corrected chi connectivity index (χ2v) is 6.37. The monoisotopic (exact) mass is 393 g/mol. The minimum absolute atomic E-state index is 0.458. The number of nitrogens with zero attached hydrogens (tertiary/aromatic N) is 2. The minimum Gasteiger partial charge on any atom is -0.253 e. The number of halogens is 3. The highest BCUT2D eigenvalue weighted by Crippen LogP contribution is 2.26. The Kier molecular flexibility index (Phi) is 4.78. The van der Waals surface area contributed by atoms with Gasteiger partial charge in [0.2, 0.25) is 5.13 Å². The molecule has 1 heterocycles. The lowest BCUT2D eigenvalue weighted by Crippen LogP contribution is -1.92. The number of thiazole rings is 1. The molecule has 1 aromatic heterocycles. The Labute approximate surface area is 143 Å². The van der Waals surface area contributed by atoms with Gasteiger partial charge in [0.1, 0.15) is 0 Å². The van der Waals surface area contributed by atoms with Crippen LogP contribution in [0.5, 0.6) is 0 Å². The fraction of sp³-hybridized carbons (Fsp3) is 0. The number of hydrazone groups is 1. The number of anilines is 1. The fourth-order valence-corrected chi connectivity index (χ4v) is 2.93. The number of hydrogen-bond donors (Lipinski definition) is 1. The largest absolute Gasteiger partial charge is 0.253 e. The quantitative estimate of drug-likeness (QED) is 0.482. The summed E-state index contributed by atoms with van der Waals surface area (Å²) in [5, 5.41) is 6.51. The summed E-state index contributed by atoms with van der Waals surface area (Å²) in [6.45, 7) is 0. The van der Waals surface area contributed by atoms with E-state index in [1.54, 1.807) is 0 Å². The van der Waals surface area contributed by atoms with Gasteiger partial charge in [-0.25, -0.2) is 13.8 Å². The molecule has 116 valence electrons. The topological polar surface area (TPSA) is 37.3 Å². The molecule has 3 aromatic rings. The third kappa shape index (κ3) is 4.00. The van der Waals surface area contributed by atoms with Crippen molar-refractivity contribution in [3.05, 3.63) is 69.5 Å². The van der Waals surface area contributed by atoms with Crippen LogP contribution in [0.1, 0.15) is 5.56 Å². The molecule has 0 fully saturated rings. The minimum atomic E-state index is -0.903. The normalized spacial score (nSPS) is 11.1. The molecule has 0 aliphatic rings. The highest BCUT2D eigenvalue weighted by atomic mass is 79.9. The average Bonchev–Trinajstić information content (AvgIpc) is 3.00. The third-order valence-corrected chi connectivity index (χ3v) is 4.18. The molecule has 0 unspecified atom stereocenters. The first-order valence-electron chi connectivity index (χ1n) is 6.57. The Balaban J connectivity index is 1.69. The molecular formula is C16H10BrF2N3S. The maximum Gasteiger partial charge on any atom is 0.203 e. The van der Waals surface area contributed by atoms with E-state index in [4.69, 9.17) is 0 Å². The third-order valence-electron chi connectivity index (χ3n) is 2.94. The van der Waals surface area contributed by atoms with Crippen LogP contribution in [0.25, 0.3) is 11.3 Å².